The summed E-state index contributed by atoms with van der Waals surface area (Å²) < 4.78 is 2.22. The molecule has 0 aliphatic rings. The Kier molecular flexibility index (Phi) is 24.6. The Morgan fingerprint density at radius 3 is 1.52 bits per heavy atom. The van der Waals surface area contributed by atoms with E-state index >= 15 is 0 Å². The minimum absolute atomic E-state index is 0. The summed E-state index contributed by atoms with van der Waals surface area (Å²) in [6, 6.07) is 0. The van der Waals surface area contributed by atoms with Gasteiger partial charge in [-0.25, -0.2) is 4.57 Å². The Hall–Kier alpha value is -0.940. The quantitative estimate of drug-likeness (QED) is 0.114. The third-order valence-corrected chi connectivity index (χ3v) is 5.72. The van der Waals surface area contributed by atoms with Gasteiger partial charge in [-0.1, -0.05) is 102 Å². The van der Waals surface area contributed by atoms with E-state index in [-0.39, 0.29) is 24.0 Å². The highest BCUT2D eigenvalue weighted by Gasteiger charge is 1.96. The number of aryl methyl sites for hydroxylation is 1. The lowest BCUT2D eigenvalue weighted by Crippen LogP contribution is -3.00. The van der Waals surface area contributed by atoms with E-state index < -0.39 is 0 Å². The molecule has 0 saturated heterocycles. The fourth-order valence-electron chi connectivity index (χ4n) is 3.77. The smallest absolute Gasteiger partial charge is 0.241 e. The summed E-state index contributed by atoms with van der Waals surface area (Å²) in [4.78, 5) is 3.09. The van der Waals surface area contributed by atoms with Crippen molar-refractivity contribution in [3.8, 4) is 23.7 Å². The lowest BCUT2D eigenvalue weighted by atomic mass is 10.1. The Morgan fingerprint density at radius 1 is 0.613 bits per heavy atom. The molecule has 2 nitrogen and oxygen atoms in total. The Bertz CT molecular complexity index is 586. The van der Waals surface area contributed by atoms with Gasteiger partial charge in [0.15, 0.2) is 0 Å². The van der Waals surface area contributed by atoms with Crippen molar-refractivity contribution >= 4 is 0 Å². The Morgan fingerprint density at radius 2 is 1.06 bits per heavy atom. The van der Waals surface area contributed by atoms with Crippen LogP contribution in [0.4, 0.5) is 0 Å². The number of nitrogens with zero attached hydrogens (tertiary/aromatic N) is 1. The minimum Gasteiger partial charge on any atom is -1.00 e. The molecule has 0 bridgehead atoms. The third kappa shape index (κ3) is 22.1. The van der Waals surface area contributed by atoms with Crippen LogP contribution in [-0.2, 0) is 6.54 Å². The highest BCUT2D eigenvalue weighted by Crippen LogP contribution is 2.11. The summed E-state index contributed by atoms with van der Waals surface area (Å²) in [5.41, 5.74) is 0. The van der Waals surface area contributed by atoms with Crippen LogP contribution in [0.1, 0.15) is 129 Å². The molecule has 0 aliphatic carbocycles. The molecule has 176 valence electrons. The zero-order valence-corrected chi connectivity index (χ0v) is 22.4. The van der Waals surface area contributed by atoms with E-state index in [1.54, 1.807) is 0 Å². The third-order valence-electron chi connectivity index (χ3n) is 5.72. The van der Waals surface area contributed by atoms with E-state index in [9.17, 15) is 0 Å². The standard InChI is InChI=1S/C28H46N2.HI/c1-2-3-4-5-6-7-8-9-10-11-12-13-14-15-16-17-18-19-20-21-22-23-24-26-30-27-25-29-28-30;/h25,27-28H,2-12,17-24,26H2,1H3;1H. The van der Waals surface area contributed by atoms with E-state index in [1.165, 1.54) is 109 Å². The van der Waals surface area contributed by atoms with Gasteiger partial charge in [0.2, 0.25) is 6.33 Å². The fraction of sp³-hybridized carbons (Fsp3) is 0.750. The molecule has 0 atom stereocenters. The van der Waals surface area contributed by atoms with Crippen molar-refractivity contribution in [1.82, 2.24) is 4.98 Å². The number of hydrogen-bond donors (Lipinski definition) is 1. The number of H-pyrrole nitrogens is 1. The highest BCUT2D eigenvalue weighted by atomic mass is 127. The van der Waals surface area contributed by atoms with Crippen LogP contribution in [0.3, 0.4) is 0 Å². The van der Waals surface area contributed by atoms with Gasteiger partial charge in [0.25, 0.3) is 0 Å². The molecule has 1 N–H and O–H groups in total. The average molecular weight is 539 g/mol. The van der Waals surface area contributed by atoms with Gasteiger partial charge >= 0.3 is 0 Å². The first-order chi connectivity index (χ1) is 14.9. The van der Waals surface area contributed by atoms with Crippen molar-refractivity contribution in [2.45, 2.75) is 135 Å². The second-order valence-corrected chi connectivity index (χ2v) is 8.61. The molecule has 1 rings (SSSR count). The van der Waals surface area contributed by atoms with Crippen LogP contribution in [-0.4, -0.2) is 4.98 Å². The Balaban J connectivity index is 0.00000900. The van der Waals surface area contributed by atoms with Crippen LogP contribution in [0.5, 0.6) is 0 Å². The van der Waals surface area contributed by atoms with Gasteiger partial charge in [-0.15, -0.1) is 0 Å². The molecule has 0 radical (unpaired) electrons. The molecular formula is C28H47IN2. The zero-order chi connectivity index (χ0) is 21.4. The molecule has 0 amide bonds. The molecule has 31 heavy (non-hydrogen) atoms. The molecule has 0 spiro atoms. The molecule has 3 heteroatoms. The first kappa shape index (κ1) is 30.1. The molecule has 0 aromatic carbocycles. The van der Waals surface area contributed by atoms with Crippen molar-refractivity contribution in [2.75, 3.05) is 0 Å². The van der Waals surface area contributed by atoms with Gasteiger partial charge < -0.3 is 24.0 Å². The van der Waals surface area contributed by atoms with Crippen molar-refractivity contribution < 1.29 is 28.5 Å². The maximum Gasteiger partial charge on any atom is 0.241 e. The number of unbranched alkanes of at least 4 members (excludes halogenated alkanes) is 17. The van der Waals surface area contributed by atoms with Gasteiger partial charge in [0.1, 0.15) is 12.4 Å². The summed E-state index contributed by atoms with van der Waals surface area (Å²) in [5.74, 6) is 12.5. The van der Waals surface area contributed by atoms with Gasteiger partial charge in [-0.05, 0) is 37.5 Å². The number of halogens is 1. The Labute approximate surface area is 210 Å². The van der Waals surface area contributed by atoms with E-state index in [2.05, 4.69) is 46.4 Å². The molecule has 0 fully saturated rings. The SMILES string of the molecule is CCCCCCCCCCCCC#CC#CCCCCCCCCC[n+]1cc[nH]c1.[I-]. The number of aromatic nitrogens is 2. The normalized spacial score (nSPS) is 9.97. The lowest BCUT2D eigenvalue weighted by molar-refractivity contribution is -0.696. The van der Waals surface area contributed by atoms with Crippen molar-refractivity contribution in [3.05, 3.63) is 18.7 Å². The maximum atomic E-state index is 3.22. The number of imidazole rings is 1. The van der Waals surface area contributed by atoms with E-state index in [0.717, 1.165) is 19.4 Å². The maximum absolute atomic E-state index is 3.22. The van der Waals surface area contributed by atoms with Crippen LogP contribution in [0.2, 0.25) is 0 Å². The molecule has 0 aliphatic heterocycles. The summed E-state index contributed by atoms with van der Waals surface area (Å²) in [7, 11) is 0. The first-order valence-electron chi connectivity index (χ1n) is 12.9. The number of nitrogens with one attached hydrogen (secondary N) is 1. The second kappa shape index (κ2) is 25.3. The van der Waals surface area contributed by atoms with Crippen LogP contribution < -0.4 is 28.5 Å². The minimum atomic E-state index is 0. The number of aromatic amines is 1. The van der Waals surface area contributed by atoms with Gasteiger partial charge in [-0.3, -0.25) is 4.98 Å². The highest BCUT2D eigenvalue weighted by molar-refractivity contribution is 5.25. The first-order valence-corrected chi connectivity index (χ1v) is 12.9. The molecule has 0 unspecified atom stereocenters. The van der Waals surface area contributed by atoms with Crippen molar-refractivity contribution in [3.63, 3.8) is 0 Å². The second-order valence-electron chi connectivity index (χ2n) is 8.61. The average Bonchev–Trinajstić information content (AvgIpc) is 3.28. The van der Waals surface area contributed by atoms with E-state index in [1.807, 2.05) is 12.5 Å². The van der Waals surface area contributed by atoms with Gasteiger partial charge in [0.05, 0.1) is 6.54 Å². The van der Waals surface area contributed by atoms with Crippen molar-refractivity contribution in [2.24, 2.45) is 0 Å². The van der Waals surface area contributed by atoms with Crippen LogP contribution >= 0.6 is 0 Å². The fourth-order valence-corrected chi connectivity index (χ4v) is 3.77. The van der Waals surface area contributed by atoms with Gasteiger partial charge in [-0.2, -0.15) is 0 Å². The number of rotatable bonds is 19. The van der Waals surface area contributed by atoms with Crippen LogP contribution in [0, 0.1) is 23.7 Å². The lowest BCUT2D eigenvalue weighted by Gasteiger charge is -2.00. The molecule has 1 aromatic heterocycles. The molecule has 0 saturated carbocycles. The number of hydrogen-bond acceptors (Lipinski definition) is 0. The summed E-state index contributed by atoms with van der Waals surface area (Å²) in [6.07, 6.45) is 31.2. The molecule has 1 heterocycles. The summed E-state index contributed by atoms with van der Waals surface area (Å²) in [5, 5.41) is 0. The van der Waals surface area contributed by atoms with Gasteiger partial charge in [0, 0.05) is 12.8 Å². The van der Waals surface area contributed by atoms with E-state index in [0.29, 0.717) is 0 Å². The molecule has 1 aromatic rings. The molecular weight excluding hydrogens is 491 g/mol. The predicted octanol–water partition coefficient (Wildman–Crippen LogP) is 4.74. The topological polar surface area (TPSA) is 19.7 Å². The van der Waals surface area contributed by atoms with Crippen LogP contribution in [0.15, 0.2) is 18.7 Å². The predicted molar refractivity (Wildman–Crippen MR) is 130 cm³/mol. The van der Waals surface area contributed by atoms with Crippen LogP contribution in [0.25, 0.3) is 0 Å². The zero-order valence-electron chi connectivity index (χ0n) is 20.2. The van der Waals surface area contributed by atoms with E-state index in [4.69, 9.17) is 0 Å². The monoisotopic (exact) mass is 538 g/mol. The summed E-state index contributed by atoms with van der Waals surface area (Å²) in [6.45, 7) is 3.42. The summed E-state index contributed by atoms with van der Waals surface area (Å²) >= 11 is 0. The van der Waals surface area contributed by atoms with Crippen molar-refractivity contribution in [1.29, 1.82) is 0 Å². The largest absolute Gasteiger partial charge is 1.00 e.